The smallest absolute Gasteiger partial charge is 0.256 e. The molecule has 5 heteroatoms. The molecule has 2 aromatic carbocycles. The first kappa shape index (κ1) is 17.5. The molecule has 136 valence electrons. The first-order chi connectivity index (χ1) is 13.0. The van der Waals surface area contributed by atoms with Gasteiger partial charge in [-0.05, 0) is 48.6 Å². The number of hydrogen-bond acceptors (Lipinski definition) is 3. The van der Waals surface area contributed by atoms with Crippen molar-refractivity contribution in [1.82, 2.24) is 0 Å². The molecule has 3 aromatic rings. The quantitative estimate of drug-likeness (QED) is 0.675. The lowest BCUT2D eigenvalue weighted by molar-refractivity contribution is -0.137. The largest absolute Gasteiger partial charge is 0.323 e. The molecule has 1 N–H and O–H groups in total. The summed E-state index contributed by atoms with van der Waals surface area (Å²) in [6, 6.07) is 19.2. The lowest BCUT2D eigenvalue weighted by atomic mass is 9.80. The number of rotatable bonds is 4. The molecule has 4 rings (SSSR count). The van der Waals surface area contributed by atoms with Crippen molar-refractivity contribution in [2.24, 2.45) is 0 Å². The Balaban J connectivity index is 1.79. The van der Waals surface area contributed by atoms with E-state index in [1.165, 1.54) is 11.3 Å². The minimum atomic E-state index is -1.01. The molecule has 0 radical (unpaired) electrons. The first-order valence-corrected chi connectivity index (χ1v) is 9.72. The van der Waals surface area contributed by atoms with Crippen LogP contribution < -0.4 is 10.2 Å². The summed E-state index contributed by atoms with van der Waals surface area (Å²) < 4.78 is 0. The predicted octanol–water partition coefficient (Wildman–Crippen LogP) is 4.64. The number of amides is 2. The van der Waals surface area contributed by atoms with Crippen molar-refractivity contribution in [3.05, 3.63) is 82.0 Å². The van der Waals surface area contributed by atoms with Gasteiger partial charge in [-0.25, -0.2) is 0 Å². The first-order valence-electron chi connectivity index (χ1n) is 8.84. The van der Waals surface area contributed by atoms with Crippen LogP contribution in [-0.2, 0) is 15.1 Å². The minimum Gasteiger partial charge on any atom is -0.323 e. The second-order valence-electron chi connectivity index (χ2n) is 6.80. The Morgan fingerprint density at radius 1 is 1.00 bits per heavy atom. The number of anilines is 2. The second-order valence-corrected chi connectivity index (χ2v) is 7.75. The Bertz CT molecular complexity index is 978. The fraction of sp³-hybridized carbons (Fsp3) is 0.182. The maximum Gasteiger partial charge on any atom is 0.256 e. The van der Waals surface area contributed by atoms with E-state index in [0.29, 0.717) is 0 Å². The van der Waals surface area contributed by atoms with Crippen molar-refractivity contribution in [3.8, 4) is 0 Å². The summed E-state index contributed by atoms with van der Waals surface area (Å²) in [5.41, 5.74) is 2.54. The van der Waals surface area contributed by atoms with Gasteiger partial charge in [-0.2, -0.15) is 0 Å². The molecule has 1 aromatic heterocycles. The summed E-state index contributed by atoms with van der Waals surface area (Å²) in [6.07, 6.45) is 0.166. The topological polar surface area (TPSA) is 49.4 Å². The molecule has 1 atom stereocenters. The third kappa shape index (κ3) is 2.75. The Morgan fingerprint density at radius 2 is 1.70 bits per heavy atom. The minimum absolute atomic E-state index is 0.0498. The van der Waals surface area contributed by atoms with Gasteiger partial charge in [0.1, 0.15) is 0 Å². The van der Waals surface area contributed by atoms with E-state index in [1.54, 1.807) is 4.90 Å². The van der Waals surface area contributed by atoms with Crippen LogP contribution in [0.25, 0.3) is 0 Å². The third-order valence-electron chi connectivity index (χ3n) is 5.08. The average Bonchev–Trinajstić information content (AvgIpc) is 3.18. The average molecular weight is 376 g/mol. The van der Waals surface area contributed by atoms with Gasteiger partial charge < -0.3 is 5.32 Å². The van der Waals surface area contributed by atoms with E-state index in [9.17, 15) is 9.59 Å². The molecule has 1 aliphatic rings. The molecule has 1 fully saturated rings. The van der Waals surface area contributed by atoms with Crippen LogP contribution in [0.3, 0.4) is 0 Å². The zero-order valence-corrected chi connectivity index (χ0v) is 16.0. The number of carbonyl (C=O) groups excluding carboxylic acids is 2. The van der Waals surface area contributed by atoms with Crippen LogP contribution in [0.5, 0.6) is 0 Å². The molecule has 0 saturated carbocycles. The van der Waals surface area contributed by atoms with E-state index in [2.05, 4.69) is 5.32 Å². The van der Waals surface area contributed by atoms with Gasteiger partial charge in [0.2, 0.25) is 5.91 Å². The molecule has 4 nitrogen and oxygen atoms in total. The van der Waals surface area contributed by atoms with E-state index < -0.39 is 5.54 Å². The molecule has 2 amide bonds. The highest BCUT2D eigenvalue weighted by molar-refractivity contribution is 7.10. The highest BCUT2D eigenvalue weighted by atomic mass is 32.1. The molecule has 1 aliphatic heterocycles. The zero-order chi connectivity index (χ0) is 19.0. The van der Waals surface area contributed by atoms with Crippen LogP contribution in [0.2, 0.25) is 0 Å². The van der Waals surface area contributed by atoms with Gasteiger partial charge in [-0.15, -0.1) is 11.3 Å². The summed E-state index contributed by atoms with van der Waals surface area (Å²) in [6.45, 7) is 3.95. The van der Waals surface area contributed by atoms with Crippen molar-refractivity contribution in [2.75, 3.05) is 10.2 Å². The summed E-state index contributed by atoms with van der Waals surface area (Å²) in [5, 5.41) is 5.04. The van der Waals surface area contributed by atoms with Crippen LogP contribution in [0, 0.1) is 13.8 Å². The van der Waals surface area contributed by atoms with Crippen molar-refractivity contribution >= 4 is 34.5 Å². The third-order valence-corrected chi connectivity index (χ3v) is 6.10. The Kier molecular flexibility index (Phi) is 4.32. The molecule has 2 heterocycles. The molecule has 0 bridgehead atoms. The number of thiophene rings is 1. The molecular formula is C22H20N2O2S. The summed E-state index contributed by atoms with van der Waals surface area (Å²) in [4.78, 5) is 28.6. The summed E-state index contributed by atoms with van der Waals surface area (Å²) in [5.74, 6) is -0.225. The van der Waals surface area contributed by atoms with Crippen molar-refractivity contribution < 1.29 is 9.59 Å². The fourth-order valence-electron chi connectivity index (χ4n) is 3.67. The van der Waals surface area contributed by atoms with Gasteiger partial charge in [-0.3, -0.25) is 14.5 Å². The SMILES string of the molecule is Cc1cccc(C)c1NC(=O)[C@@]1(c2cccs2)CC(=O)N1c1ccccc1. The number of benzene rings is 2. The molecular weight excluding hydrogens is 356 g/mol. The molecule has 0 spiro atoms. The number of carbonyl (C=O) groups is 2. The second kappa shape index (κ2) is 6.67. The number of hydrogen-bond donors (Lipinski definition) is 1. The fourth-order valence-corrected chi connectivity index (χ4v) is 4.59. The van der Waals surface area contributed by atoms with E-state index in [0.717, 1.165) is 27.4 Å². The van der Waals surface area contributed by atoms with E-state index >= 15 is 0 Å². The predicted molar refractivity (Wildman–Crippen MR) is 109 cm³/mol. The molecule has 27 heavy (non-hydrogen) atoms. The molecule has 0 unspecified atom stereocenters. The maximum atomic E-state index is 13.6. The number of para-hydroxylation sites is 2. The van der Waals surface area contributed by atoms with Crippen molar-refractivity contribution in [2.45, 2.75) is 25.8 Å². The molecule has 1 saturated heterocycles. The van der Waals surface area contributed by atoms with Crippen LogP contribution in [-0.4, -0.2) is 11.8 Å². The number of aryl methyl sites for hydroxylation is 2. The van der Waals surface area contributed by atoms with Crippen LogP contribution in [0.4, 0.5) is 11.4 Å². The van der Waals surface area contributed by atoms with Crippen LogP contribution in [0.15, 0.2) is 66.0 Å². The van der Waals surface area contributed by atoms with E-state index in [-0.39, 0.29) is 18.2 Å². The van der Waals surface area contributed by atoms with Gasteiger partial charge in [0, 0.05) is 16.3 Å². The summed E-state index contributed by atoms with van der Waals surface area (Å²) in [7, 11) is 0. The lowest BCUT2D eigenvalue weighted by Crippen LogP contribution is -2.67. The number of nitrogens with zero attached hydrogens (tertiary/aromatic N) is 1. The highest BCUT2D eigenvalue weighted by Gasteiger charge is 2.59. The number of nitrogens with one attached hydrogen (secondary N) is 1. The van der Waals surface area contributed by atoms with E-state index in [1.807, 2.05) is 79.9 Å². The lowest BCUT2D eigenvalue weighted by Gasteiger charge is -2.50. The molecule has 0 aliphatic carbocycles. The Hall–Kier alpha value is -2.92. The van der Waals surface area contributed by atoms with Gasteiger partial charge in [0.25, 0.3) is 5.91 Å². The maximum absolute atomic E-state index is 13.6. The standard InChI is InChI=1S/C22H20N2O2S/c1-15-8-6-9-16(2)20(15)23-21(26)22(18-12-7-13-27-18)14-19(25)24(22)17-10-4-3-5-11-17/h3-13H,14H2,1-2H3,(H,23,26)/t22-/m0/s1. The van der Waals surface area contributed by atoms with Crippen molar-refractivity contribution in [1.29, 1.82) is 0 Å². The van der Waals surface area contributed by atoms with Crippen LogP contribution >= 0.6 is 11.3 Å². The Morgan fingerprint density at radius 3 is 2.30 bits per heavy atom. The van der Waals surface area contributed by atoms with E-state index in [4.69, 9.17) is 0 Å². The highest BCUT2D eigenvalue weighted by Crippen LogP contribution is 2.47. The summed E-state index contributed by atoms with van der Waals surface area (Å²) >= 11 is 1.50. The van der Waals surface area contributed by atoms with Gasteiger partial charge >= 0.3 is 0 Å². The van der Waals surface area contributed by atoms with Gasteiger partial charge in [0.05, 0.1) is 6.42 Å². The normalized spacial score (nSPS) is 18.9. The van der Waals surface area contributed by atoms with Crippen LogP contribution in [0.1, 0.15) is 22.4 Å². The van der Waals surface area contributed by atoms with Crippen molar-refractivity contribution in [3.63, 3.8) is 0 Å². The monoisotopic (exact) mass is 376 g/mol. The Labute approximate surface area is 162 Å². The van der Waals surface area contributed by atoms with Gasteiger partial charge in [0.15, 0.2) is 5.54 Å². The number of β-lactam (4-membered cyclic amide) rings is 1. The van der Waals surface area contributed by atoms with Gasteiger partial charge in [-0.1, -0.05) is 42.5 Å². The zero-order valence-electron chi connectivity index (χ0n) is 15.2.